The zero-order valence-electron chi connectivity index (χ0n) is 24.3. The van der Waals surface area contributed by atoms with E-state index in [1.54, 1.807) is 11.1 Å². The number of aromatic nitrogens is 2. The van der Waals surface area contributed by atoms with E-state index >= 15 is 0 Å². The van der Waals surface area contributed by atoms with Gasteiger partial charge in [-0.05, 0) is 85.4 Å². The van der Waals surface area contributed by atoms with Crippen molar-refractivity contribution in [2.45, 2.75) is 91.0 Å². The maximum Gasteiger partial charge on any atom is 0.410 e. The van der Waals surface area contributed by atoms with Gasteiger partial charge in [-0.1, -0.05) is 0 Å². The third-order valence-electron chi connectivity index (χ3n) is 8.19. The molecule has 0 aliphatic carbocycles. The second kappa shape index (κ2) is 10.5. The summed E-state index contributed by atoms with van der Waals surface area (Å²) in [4.78, 5) is 40.7. The van der Waals surface area contributed by atoms with Gasteiger partial charge in [0.1, 0.15) is 23.5 Å². The molecular weight excluding hydrogens is 513 g/mol. The Morgan fingerprint density at radius 1 is 1.15 bits per heavy atom. The van der Waals surface area contributed by atoms with E-state index in [-0.39, 0.29) is 46.9 Å². The monoisotopic (exact) mass is 553 g/mol. The molecule has 2 bridgehead atoms. The Bertz CT molecular complexity index is 1260. The van der Waals surface area contributed by atoms with Crippen LogP contribution in [0, 0.1) is 11.2 Å². The van der Waals surface area contributed by atoms with E-state index in [1.165, 1.54) is 24.5 Å². The SMILES string of the molecule is CCN(C(=O)c1cc(F)ccc1Oc1cncnc1N1CC2(CC3CCC(C2)N3C(=O)OC(C)(C)C)C1)C(C)C. The van der Waals surface area contributed by atoms with Crippen molar-refractivity contribution in [2.75, 3.05) is 24.5 Å². The highest BCUT2D eigenvalue weighted by molar-refractivity contribution is 5.97. The Morgan fingerprint density at radius 2 is 1.82 bits per heavy atom. The number of hydrogen-bond donors (Lipinski definition) is 0. The quantitative estimate of drug-likeness (QED) is 0.457. The number of halogens is 1. The Morgan fingerprint density at radius 3 is 2.42 bits per heavy atom. The molecule has 1 aromatic heterocycles. The molecule has 40 heavy (non-hydrogen) atoms. The van der Waals surface area contributed by atoms with Crippen LogP contribution in [0.5, 0.6) is 11.5 Å². The topological polar surface area (TPSA) is 88.1 Å². The maximum atomic E-state index is 14.2. The first-order valence-corrected chi connectivity index (χ1v) is 14.2. The Kier molecular flexibility index (Phi) is 7.39. The Labute approximate surface area is 235 Å². The highest BCUT2D eigenvalue weighted by Gasteiger charge is 2.56. The third-order valence-corrected chi connectivity index (χ3v) is 8.19. The normalized spacial score (nSPS) is 21.4. The summed E-state index contributed by atoms with van der Waals surface area (Å²) in [6.45, 7) is 13.5. The Hall–Kier alpha value is -3.43. The van der Waals surface area contributed by atoms with Gasteiger partial charge >= 0.3 is 6.09 Å². The van der Waals surface area contributed by atoms with Gasteiger partial charge in [-0.3, -0.25) is 4.79 Å². The molecule has 3 saturated heterocycles. The molecule has 216 valence electrons. The van der Waals surface area contributed by atoms with Crippen molar-refractivity contribution >= 4 is 17.8 Å². The molecule has 3 fully saturated rings. The van der Waals surface area contributed by atoms with Gasteiger partial charge < -0.3 is 24.2 Å². The molecule has 10 heteroatoms. The summed E-state index contributed by atoms with van der Waals surface area (Å²) in [5.74, 6) is 0.527. The molecule has 0 saturated carbocycles. The maximum absolute atomic E-state index is 14.2. The van der Waals surface area contributed by atoms with E-state index in [9.17, 15) is 14.0 Å². The predicted molar refractivity (Wildman–Crippen MR) is 149 cm³/mol. The summed E-state index contributed by atoms with van der Waals surface area (Å²) >= 11 is 0. The molecule has 2 atom stereocenters. The lowest BCUT2D eigenvalue weighted by atomic mass is 9.69. The number of carbonyl (C=O) groups excluding carboxylic acids is 2. The van der Waals surface area contributed by atoms with Gasteiger partial charge in [0.25, 0.3) is 5.91 Å². The van der Waals surface area contributed by atoms with Crippen molar-refractivity contribution in [3.8, 4) is 11.5 Å². The molecule has 5 rings (SSSR count). The molecule has 1 aromatic carbocycles. The van der Waals surface area contributed by atoms with E-state index < -0.39 is 11.4 Å². The van der Waals surface area contributed by atoms with Crippen LogP contribution in [0.3, 0.4) is 0 Å². The largest absolute Gasteiger partial charge is 0.451 e. The van der Waals surface area contributed by atoms with Crippen LogP contribution < -0.4 is 9.64 Å². The molecule has 1 spiro atoms. The van der Waals surface area contributed by atoms with Crippen LogP contribution in [-0.2, 0) is 4.74 Å². The molecule has 2 amide bonds. The molecule has 0 N–H and O–H groups in total. The first-order valence-electron chi connectivity index (χ1n) is 14.2. The predicted octanol–water partition coefficient (Wildman–Crippen LogP) is 5.65. The zero-order chi connectivity index (χ0) is 28.8. The van der Waals surface area contributed by atoms with Gasteiger partial charge in [-0.25, -0.2) is 19.2 Å². The third kappa shape index (κ3) is 5.45. The van der Waals surface area contributed by atoms with Crippen molar-refractivity contribution in [1.82, 2.24) is 19.8 Å². The fourth-order valence-electron chi connectivity index (χ4n) is 6.62. The zero-order valence-corrected chi connectivity index (χ0v) is 24.3. The lowest BCUT2D eigenvalue weighted by Crippen LogP contribution is -2.64. The first kappa shape index (κ1) is 28.1. The van der Waals surface area contributed by atoms with E-state index in [2.05, 4.69) is 14.9 Å². The number of hydrogen-bond acceptors (Lipinski definition) is 7. The second-order valence-electron chi connectivity index (χ2n) is 12.7. The summed E-state index contributed by atoms with van der Waals surface area (Å²) in [6.07, 6.45) is 6.72. The molecule has 2 unspecified atom stereocenters. The number of fused-ring (bicyclic) bond motifs is 2. The van der Waals surface area contributed by atoms with Gasteiger partial charge in [-0.15, -0.1) is 0 Å². The van der Waals surface area contributed by atoms with Crippen LogP contribution in [0.15, 0.2) is 30.7 Å². The average Bonchev–Trinajstić information content (AvgIpc) is 3.14. The van der Waals surface area contributed by atoms with Crippen LogP contribution in [0.2, 0.25) is 0 Å². The standard InChI is InChI=1S/C30H40FN5O4/c1-7-35(19(2)3)27(37)23-12-20(31)8-11-24(23)39-25-15-32-18-33-26(25)34-16-30(17-34)13-21-9-10-22(14-30)36(21)28(38)40-29(4,5)6/h8,11-12,15,18-19,21-22H,7,9-10,13-14,16-17H2,1-6H3. The van der Waals surface area contributed by atoms with Gasteiger partial charge in [-0.2, -0.15) is 0 Å². The van der Waals surface area contributed by atoms with Crippen molar-refractivity contribution in [1.29, 1.82) is 0 Å². The number of amides is 2. The van der Waals surface area contributed by atoms with Gasteiger partial charge in [0.15, 0.2) is 11.6 Å². The average molecular weight is 554 g/mol. The minimum Gasteiger partial charge on any atom is -0.451 e. The molecular formula is C30H40FN5O4. The minimum atomic E-state index is -0.513. The van der Waals surface area contributed by atoms with Crippen LogP contribution in [0.1, 0.15) is 77.6 Å². The number of nitrogens with zero attached hydrogens (tertiary/aromatic N) is 5. The van der Waals surface area contributed by atoms with E-state index in [4.69, 9.17) is 9.47 Å². The summed E-state index contributed by atoms with van der Waals surface area (Å²) < 4.78 is 26.1. The molecule has 2 aromatic rings. The molecule has 3 aliphatic heterocycles. The number of anilines is 1. The van der Waals surface area contributed by atoms with Crippen LogP contribution in [0.25, 0.3) is 0 Å². The molecule has 4 heterocycles. The smallest absolute Gasteiger partial charge is 0.410 e. The van der Waals surface area contributed by atoms with E-state index in [1.807, 2.05) is 46.4 Å². The number of benzene rings is 1. The number of ether oxygens (including phenoxy) is 2. The lowest BCUT2D eigenvalue weighted by molar-refractivity contribution is -0.0183. The fourth-order valence-corrected chi connectivity index (χ4v) is 6.62. The van der Waals surface area contributed by atoms with E-state index in [0.29, 0.717) is 18.1 Å². The lowest BCUT2D eigenvalue weighted by Gasteiger charge is -2.56. The Balaban J connectivity index is 1.31. The van der Waals surface area contributed by atoms with E-state index in [0.717, 1.165) is 38.8 Å². The number of carbonyl (C=O) groups is 2. The summed E-state index contributed by atoms with van der Waals surface area (Å²) in [5.41, 5.74) is -0.250. The van der Waals surface area contributed by atoms with Crippen molar-refractivity contribution in [3.05, 3.63) is 42.1 Å². The van der Waals surface area contributed by atoms with Gasteiger partial charge in [0, 0.05) is 43.2 Å². The first-order chi connectivity index (χ1) is 18.9. The molecule has 9 nitrogen and oxygen atoms in total. The number of rotatable bonds is 6. The molecule has 0 radical (unpaired) electrons. The van der Waals surface area contributed by atoms with Crippen molar-refractivity contribution < 1.29 is 23.5 Å². The summed E-state index contributed by atoms with van der Waals surface area (Å²) in [7, 11) is 0. The summed E-state index contributed by atoms with van der Waals surface area (Å²) in [5, 5.41) is 0. The van der Waals surface area contributed by atoms with Crippen LogP contribution in [-0.4, -0.2) is 75.1 Å². The highest BCUT2D eigenvalue weighted by Crippen LogP contribution is 2.52. The fraction of sp³-hybridized carbons (Fsp3) is 0.600. The molecule has 3 aliphatic rings. The summed E-state index contributed by atoms with van der Waals surface area (Å²) in [6, 6.07) is 4.32. The van der Waals surface area contributed by atoms with Crippen LogP contribution in [0.4, 0.5) is 15.0 Å². The minimum absolute atomic E-state index is 0.0430. The van der Waals surface area contributed by atoms with Crippen molar-refractivity contribution in [3.63, 3.8) is 0 Å². The highest BCUT2D eigenvalue weighted by atomic mass is 19.1. The van der Waals surface area contributed by atoms with Crippen molar-refractivity contribution in [2.24, 2.45) is 5.41 Å². The second-order valence-corrected chi connectivity index (χ2v) is 12.7. The van der Waals surface area contributed by atoms with Gasteiger partial charge in [0.2, 0.25) is 0 Å². The van der Waals surface area contributed by atoms with Gasteiger partial charge in [0.05, 0.1) is 11.8 Å². The van der Waals surface area contributed by atoms with Crippen LogP contribution >= 0.6 is 0 Å². The number of piperidine rings is 1.